The molecule has 2 saturated carbocycles. The number of benzene rings is 1. The van der Waals surface area contributed by atoms with E-state index >= 15 is 0 Å². The van der Waals surface area contributed by atoms with Gasteiger partial charge in [-0.2, -0.15) is 0 Å². The van der Waals surface area contributed by atoms with E-state index < -0.39 is 0 Å². The van der Waals surface area contributed by atoms with Gasteiger partial charge in [0.05, 0.1) is 0 Å². The Kier molecular flexibility index (Phi) is 3.65. The quantitative estimate of drug-likeness (QED) is 0.685. The Bertz CT molecular complexity index is 921. The number of rotatable bonds is 6. The molecule has 2 aliphatic rings. The van der Waals surface area contributed by atoms with Crippen LogP contribution in [0.25, 0.3) is 5.69 Å². The maximum absolute atomic E-state index is 4.51. The predicted octanol–water partition coefficient (Wildman–Crippen LogP) is 3.41. The summed E-state index contributed by atoms with van der Waals surface area (Å²) in [5.74, 6) is 6.07. The minimum Gasteiger partial charge on any atom is -0.315 e. The summed E-state index contributed by atoms with van der Waals surface area (Å²) < 4.78 is 4.53. The molecule has 6 nitrogen and oxygen atoms in total. The Morgan fingerprint density at radius 2 is 1.77 bits per heavy atom. The molecule has 0 radical (unpaired) electrons. The summed E-state index contributed by atoms with van der Waals surface area (Å²) in [5, 5.41) is 17.8. The van der Waals surface area contributed by atoms with E-state index in [1.807, 2.05) is 13.0 Å². The van der Waals surface area contributed by atoms with Crippen molar-refractivity contribution in [3.63, 3.8) is 0 Å². The fourth-order valence-electron chi connectivity index (χ4n) is 4.03. The maximum Gasteiger partial charge on any atom is 0.141 e. The lowest BCUT2D eigenvalue weighted by Crippen LogP contribution is -2.07. The van der Waals surface area contributed by atoms with Gasteiger partial charge in [0.15, 0.2) is 0 Å². The second kappa shape index (κ2) is 6.04. The van der Waals surface area contributed by atoms with Gasteiger partial charge in [-0.25, -0.2) is 0 Å². The molecule has 0 aliphatic heterocycles. The Balaban J connectivity index is 1.37. The van der Waals surface area contributed by atoms with E-state index in [1.165, 1.54) is 18.7 Å². The third-order valence-electron chi connectivity index (χ3n) is 5.68. The van der Waals surface area contributed by atoms with Crippen LogP contribution in [0.4, 0.5) is 0 Å². The highest BCUT2D eigenvalue weighted by Crippen LogP contribution is 2.49. The Labute approximate surface area is 153 Å². The summed E-state index contributed by atoms with van der Waals surface area (Å²) in [6.45, 7) is 5.18. The largest absolute Gasteiger partial charge is 0.315 e. The van der Waals surface area contributed by atoms with Crippen molar-refractivity contribution in [1.82, 2.24) is 29.5 Å². The van der Waals surface area contributed by atoms with Crippen molar-refractivity contribution >= 4 is 0 Å². The van der Waals surface area contributed by atoms with Crippen LogP contribution in [0.2, 0.25) is 0 Å². The van der Waals surface area contributed by atoms with Gasteiger partial charge in [-0.1, -0.05) is 18.2 Å². The van der Waals surface area contributed by atoms with Crippen LogP contribution in [-0.2, 0) is 13.0 Å². The second-order valence-electron chi connectivity index (χ2n) is 7.58. The lowest BCUT2D eigenvalue weighted by Gasteiger charge is -2.09. The number of aryl methyl sites for hydroxylation is 1. The van der Waals surface area contributed by atoms with Crippen LogP contribution in [0, 0.1) is 12.8 Å². The van der Waals surface area contributed by atoms with Gasteiger partial charge in [0.25, 0.3) is 0 Å². The summed E-state index contributed by atoms with van der Waals surface area (Å²) in [4.78, 5) is 0. The van der Waals surface area contributed by atoms with E-state index in [2.05, 4.69) is 60.7 Å². The zero-order chi connectivity index (χ0) is 17.7. The third kappa shape index (κ3) is 2.64. The molecule has 134 valence electrons. The fraction of sp³-hybridized carbons (Fsp3) is 0.500. The summed E-state index contributed by atoms with van der Waals surface area (Å²) in [5.41, 5.74) is 1.14. The zero-order valence-corrected chi connectivity index (χ0v) is 15.3. The van der Waals surface area contributed by atoms with E-state index in [0.29, 0.717) is 17.8 Å². The Hall–Kier alpha value is -2.50. The first-order chi connectivity index (χ1) is 12.8. The van der Waals surface area contributed by atoms with E-state index in [9.17, 15) is 0 Å². The summed E-state index contributed by atoms with van der Waals surface area (Å²) in [6.07, 6.45) is 4.67. The number of aromatic nitrogens is 6. The summed E-state index contributed by atoms with van der Waals surface area (Å²) in [7, 11) is 0. The van der Waals surface area contributed by atoms with Crippen molar-refractivity contribution in [2.24, 2.45) is 5.92 Å². The van der Waals surface area contributed by atoms with Gasteiger partial charge in [0.1, 0.15) is 23.3 Å². The first kappa shape index (κ1) is 15.7. The second-order valence-corrected chi connectivity index (χ2v) is 7.58. The molecule has 5 rings (SSSR count). The first-order valence-corrected chi connectivity index (χ1v) is 9.65. The molecule has 0 N–H and O–H groups in total. The maximum atomic E-state index is 4.51. The Morgan fingerprint density at radius 3 is 2.50 bits per heavy atom. The van der Waals surface area contributed by atoms with Crippen LogP contribution in [0.3, 0.4) is 0 Å². The van der Waals surface area contributed by atoms with Crippen LogP contribution < -0.4 is 0 Å². The van der Waals surface area contributed by atoms with Gasteiger partial charge in [0, 0.05) is 30.5 Å². The number of nitrogens with zero attached hydrogens (tertiary/aromatic N) is 6. The van der Waals surface area contributed by atoms with Gasteiger partial charge in [-0.15, -0.1) is 20.4 Å². The van der Waals surface area contributed by atoms with Crippen molar-refractivity contribution in [2.75, 3.05) is 0 Å². The molecular formula is C20H24N6. The van der Waals surface area contributed by atoms with E-state index in [4.69, 9.17) is 0 Å². The highest BCUT2D eigenvalue weighted by Gasteiger charge is 2.43. The van der Waals surface area contributed by atoms with Gasteiger partial charge in [-0.3, -0.25) is 4.57 Å². The molecule has 0 amide bonds. The van der Waals surface area contributed by atoms with Crippen molar-refractivity contribution < 1.29 is 0 Å². The molecule has 6 heteroatoms. The molecule has 1 unspecified atom stereocenters. The van der Waals surface area contributed by atoms with Crippen LogP contribution in [0.1, 0.15) is 61.3 Å². The lowest BCUT2D eigenvalue weighted by molar-refractivity contribution is 0.625. The molecule has 1 aromatic carbocycles. The molecule has 3 aromatic rings. The van der Waals surface area contributed by atoms with Crippen molar-refractivity contribution in [3.05, 3.63) is 53.6 Å². The van der Waals surface area contributed by atoms with Gasteiger partial charge >= 0.3 is 0 Å². The predicted molar refractivity (Wildman–Crippen MR) is 98.3 cm³/mol. The molecule has 0 spiro atoms. The molecule has 2 aliphatic carbocycles. The fourth-order valence-corrected chi connectivity index (χ4v) is 4.03. The minimum absolute atomic E-state index is 0.461. The summed E-state index contributed by atoms with van der Waals surface area (Å²) >= 11 is 0. The van der Waals surface area contributed by atoms with Gasteiger partial charge in [-0.05, 0) is 51.2 Å². The molecular weight excluding hydrogens is 324 g/mol. The van der Waals surface area contributed by atoms with E-state index in [1.54, 1.807) is 0 Å². The third-order valence-corrected chi connectivity index (χ3v) is 5.68. The van der Waals surface area contributed by atoms with Crippen molar-refractivity contribution in [3.8, 4) is 5.69 Å². The minimum atomic E-state index is 0.461. The highest BCUT2D eigenvalue weighted by molar-refractivity contribution is 5.35. The van der Waals surface area contributed by atoms with Crippen LogP contribution in [0.5, 0.6) is 0 Å². The normalized spacial score (nSPS) is 21.9. The highest BCUT2D eigenvalue weighted by atomic mass is 15.3. The van der Waals surface area contributed by atoms with Crippen molar-refractivity contribution in [2.45, 2.75) is 57.9 Å². The number of para-hydroxylation sites is 1. The smallest absolute Gasteiger partial charge is 0.141 e. The lowest BCUT2D eigenvalue weighted by atomic mass is 10.2. The van der Waals surface area contributed by atoms with Crippen molar-refractivity contribution in [1.29, 1.82) is 0 Å². The van der Waals surface area contributed by atoms with Gasteiger partial charge < -0.3 is 4.57 Å². The topological polar surface area (TPSA) is 61.4 Å². The average Bonchev–Trinajstić information content (AvgIpc) is 3.57. The monoisotopic (exact) mass is 348 g/mol. The standard InChI is InChI=1S/C20H24N6/c1-3-25-18(22-23-19(25)14-9-10-14)12-15-11-17(15)20-24-21-13(2)26(20)16-7-5-4-6-8-16/h4-8,14-15,17H,3,9-12H2,1-2H3/t15?,17-/m0/s1. The van der Waals surface area contributed by atoms with Crippen LogP contribution in [-0.4, -0.2) is 29.5 Å². The Morgan fingerprint density at radius 1 is 1.00 bits per heavy atom. The SMILES string of the molecule is CCn1c(CC2C[C@@H]2c2nnc(C)n2-c2ccccc2)nnc1C1CC1. The van der Waals surface area contributed by atoms with Gasteiger partial charge in [0.2, 0.25) is 0 Å². The number of hydrogen-bond donors (Lipinski definition) is 0. The first-order valence-electron chi connectivity index (χ1n) is 9.65. The van der Waals surface area contributed by atoms with Crippen LogP contribution >= 0.6 is 0 Å². The molecule has 0 bridgehead atoms. The van der Waals surface area contributed by atoms with E-state index in [0.717, 1.165) is 42.5 Å². The zero-order valence-electron chi connectivity index (χ0n) is 15.3. The molecule has 26 heavy (non-hydrogen) atoms. The van der Waals surface area contributed by atoms with Crippen LogP contribution in [0.15, 0.2) is 30.3 Å². The average molecular weight is 348 g/mol. The molecule has 0 saturated heterocycles. The summed E-state index contributed by atoms with van der Waals surface area (Å²) in [6, 6.07) is 10.4. The molecule has 2 heterocycles. The molecule has 2 aromatic heterocycles. The molecule has 2 fully saturated rings. The number of hydrogen-bond acceptors (Lipinski definition) is 4. The molecule has 2 atom stereocenters. The van der Waals surface area contributed by atoms with E-state index in [-0.39, 0.29) is 0 Å².